The molecule has 0 bridgehead atoms. The summed E-state index contributed by atoms with van der Waals surface area (Å²) in [6.45, 7) is 7.33. The number of phenols is 1. The number of carbonyl (C=O) groups excluding carboxylic acids is 1. The molecule has 0 aliphatic carbocycles. The van der Waals surface area contributed by atoms with Crippen LogP contribution in [0.2, 0.25) is 0 Å². The molecular formula is C23H26F3N5O3. The first-order valence-electron chi connectivity index (χ1n) is 11.0. The smallest absolute Gasteiger partial charge is 0.416 e. The lowest BCUT2D eigenvalue weighted by Crippen LogP contribution is -2.45. The molecule has 4 rings (SSSR count). The first-order valence-corrected chi connectivity index (χ1v) is 11.0. The second-order valence-electron chi connectivity index (χ2n) is 8.95. The van der Waals surface area contributed by atoms with Crippen molar-refractivity contribution >= 4 is 17.1 Å². The third-order valence-electron chi connectivity index (χ3n) is 6.13. The lowest BCUT2D eigenvalue weighted by molar-refractivity contribution is -0.138. The number of aryl methyl sites for hydroxylation is 1. The number of benzene rings is 1. The van der Waals surface area contributed by atoms with E-state index in [9.17, 15) is 28.2 Å². The minimum absolute atomic E-state index is 0.0174. The highest BCUT2D eigenvalue weighted by molar-refractivity contribution is 5.80. The number of nitrogens with zero attached hydrogens (tertiary/aromatic N) is 5. The maximum Gasteiger partial charge on any atom is 0.416 e. The molecule has 0 spiro atoms. The molecule has 0 radical (unpaired) electrons. The topological polar surface area (TPSA) is 104 Å². The summed E-state index contributed by atoms with van der Waals surface area (Å²) in [6.07, 6.45) is -3.27. The molecule has 8 nitrogen and oxygen atoms in total. The van der Waals surface area contributed by atoms with Crippen molar-refractivity contribution < 1.29 is 28.2 Å². The lowest BCUT2D eigenvalue weighted by Gasteiger charge is -2.36. The first kappa shape index (κ1) is 23.9. The van der Waals surface area contributed by atoms with Gasteiger partial charge in [0.25, 0.3) is 0 Å². The number of aromatic nitrogens is 4. The second kappa shape index (κ2) is 8.53. The Morgan fingerprint density at radius 2 is 1.91 bits per heavy atom. The van der Waals surface area contributed by atoms with Crippen LogP contribution in [0.25, 0.3) is 22.4 Å². The number of amides is 1. The van der Waals surface area contributed by atoms with E-state index in [0.717, 1.165) is 6.07 Å². The number of fused-ring (bicyclic) bond motifs is 1. The molecule has 1 fully saturated rings. The summed E-state index contributed by atoms with van der Waals surface area (Å²) >= 11 is 0. The van der Waals surface area contributed by atoms with Crippen LogP contribution in [0.15, 0.2) is 18.3 Å². The van der Waals surface area contributed by atoms with E-state index in [1.54, 1.807) is 16.5 Å². The van der Waals surface area contributed by atoms with Crippen LogP contribution in [0.1, 0.15) is 62.6 Å². The Hall–Kier alpha value is -3.21. The molecule has 182 valence electrons. The van der Waals surface area contributed by atoms with Gasteiger partial charge in [0.1, 0.15) is 11.3 Å². The zero-order valence-electron chi connectivity index (χ0n) is 19.3. The van der Waals surface area contributed by atoms with Crippen LogP contribution in [0.5, 0.6) is 5.75 Å². The maximum atomic E-state index is 13.1. The third-order valence-corrected chi connectivity index (χ3v) is 6.13. The summed E-state index contributed by atoms with van der Waals surface area (Å²) in [7, 11) is 0. The Morgan fingerprint density at radius 3 is 2.50 bits per heavy atom. The Bertz CT molecular complexity index is 1230. The van der Waals surface area contributed by atoms with Crippen molar-refractivity contribution in [1.29, 1.82) is 0 Å². The minimum atomic E-state index is -4.59. The van der Waals surface area contributed by atoms with Crippen molar-refractivity contribution in [1.82, 2.24) is 24.6 Å². The van der Waals surface area contributed by atoms with Crippen LogP contribution < -0.4 is 0 Å². The van der Waals surface area contributed by atoms with Gasteiger partial charge in [-0.25, -0.2) is 9.97 Å². The molecule has 1 aliphatic heterocycles. The molecule has 1 aliphatic rings. The van der Waals surface area contributed by atoms with E-state index >= 15 is 0 Å². The monoisotopic (exact) mass is 477 g/mol. The van der Waals surface area contributed by atoms with E-state index in [0.29, 0.717) is 36.7 Å². The van der Waals surface area contributed by atoms with E-state index in [-0.39, 0.29) is 40.5 Å². The van der Waals surface area contributed by atoms with Crippen LogP contribution in [0.3, 0.4) is 0 Å². The molecule has 3 aromatic rings. The SMILES string of the molecule is Cc1cc(C(F)(F)F)cc(O)c1-c1cnc2c([C@@H](C)O)n([C@H]3CCC(=O)N(C(C)C)C3)nc2n1. The molecule has 2 aromatic heterocycles. The van der Waals surface area contributed by atoms with E-state index in [1.165, 1.54) is 13.1 Å². The second-order valence-corrected chi connectivity index (χ2v) is 8.95. The van der Waals surface area contributed by atoms with E-state index < -0.39 is 23.6 Å². The fraction of sp³-hybridized carbons (Fsp3) is 0.478. The number of carbonyl (C=O) groups is 1. The van der Waals surface area contributed by atoms with Gasteiger partial charge < -0.3 is 15.1 Å². The molecule has 2 N–H and O–H groups in total. The van der Waals surface area contributed by atoms with Crippen LogP contribution in [0.4, 0.5) is 13.2 Å². The summed E-state index contributed by atoms with van der Waals surface area (Å²) in [4.78, 5) is 22.9. The number of alkyl halides is 3. The number of aliphatic hydroxyl groups excluding tert-OH is 1. The fourth-order valence-corrected chi connectivity index (χ4v) is 4.50. The molecule has 3 heterocycles. The number of piperidine rings is 1. The van der Waals surface area contributed by atoms with Gasteiger partial charge in [-0.05, 0) is 51.8 Å². The number of likely N-dealkylation sites (tertiary alicyclic amines) is 1. The number of phenolic OH excluding ortho intramolecular Hbond substituents is 1. The van der Waals surface area contributed by atoms with E-state index in [2.05, 4.69) is 15.1 Å². The number of hydrogen-bond donors (Lipinski definition) is 2. The van der Waals surface area contributed by atoms with E-state index in [4.69, 9.17) is 0 Å². The van der Waals surface area contributed by atoms with E-state index in [1.807, 2.05) is 13.8 Å². The Morgan fingerprint density at radius 1 is 1.21 bits per heavy atom. The summed E-state index contributed by atoms with van der Waals surface area (Å²) in [5.74, 6) is -0.497. The zero-order valence-corrected chi connectivity index (χ0v) is 19.3. The van der Waals surface area contributed by atoms with Crippen molar-refractivity contribution in [2.75, 3.05) is 6.54 Å². The molecule has 1 amide bonds. The number of aliphatic hydroxyl groups is 1. The van der Waals surface area contributed by atoms with Gasteiger partial charge in [-0.2, -0.15) is 13.2 Å². The number of halogens is 3. The molecule has 0 saturated carbocycles. The number of rotatable bonds is 4. The van der Waals surface area contributed by atoms with Gasteiger partial charge in [-0.15, -0.1) is 5.10 Å². The summed E-state index contributed by atoms with van der Waals surface area (Å²) in [6, 6.07) is 1.43. The summed E-state index contributed by atoms with van der Waals surface area (Å²) in [5, 5.41) is 25.4. The molecule has 1 saturated heterocycles. The lowest BCUT2D eigenvalue weighted by atomic mass is 10.0. The maximum absolute atomic E-state index is 13.1. The quantitative estimate of drug-likeness (QED) is 0.585. The molecule has 11 heteroatoms. The fourth-order valence-electron chi connectivity index (χ4n) is 4.50. The Kier molecular flexibility index (Phi) is 6.01. The average Bonchev–Trinajstić information content (AvgIpc) is 3.11. The molecule has 1 aromatic carbocycles. The summed E-state index contributed by atoms with van der Waals surface area (Å²) < 4.78 is 40.9. The van der Waals surface area contributed by atoms with Gasteiger partial charge in [-0.1, -0.05) is 0 Å². The highest BCUT2D eigenvalue weighted by Gasteiger charge is 2.34. The average molecular weight is 477 g/mol. The normalized spacial score (nSPS) is 18.2. The van der Waals surface area contributed by atoms with Gasteiger partial charge in [0.15, 0.2) is 0 Å². The highest BCUT2D eigenvalue weighted by Crippen LogP contribution is 2.39. The molecule has 2 atom stereocenters. The predicted octanol–water partition coefficient (Wildman–Crippen LogP) is 4.15. The van der Waals surface area contributed by atoms with Crippen molar-refractivity contribution in [3.63, 3.8) is 0 Å². The van der Waals surface area contributed by atoms with Crippen LogP contribution >= 0.6 is 0 Å². The van der Waals surface area contributed by atoms with Gasteiger partial charge in [0.05, 0.1) is 35.3 Å². The standard InChI is InChI=1S/C23H26F3N5O3/c1-11(2)30-10-15(5-6-18(30)34)31-21(13(4)32)20-22(29-31)28-16(9-27-20)19-12(3)7-14(8-17(19)33)23(24,25)26/h7-9,11,13,15,32-33H,5-6,10H2,1-4H3/t13-,15+/m1/s1. The van der Waals surface area contributed by atoms with Gasteiger partial charge in [0, 0.05) is 24.6 Å². The first-order chi connectivity index (χ1) is 15.9. The van der Waals surface area contributed by atoms with Crippen molar-refractivity contribution in [2.24, 2.45) is 0 Å². The van der Waals surface area contributed by atoms with Gasteiger partial charge >= 0.3 is 6.18 Å². The van der Waals surface area contributed by atoms with Crippen LogP contribution in [-0.2, 0) is 11.0 Å². The van der Waals surface area contributed by atoms with Crippen LogP contribution in [-0.4, -0.2) is 53.4 Å². The molecule has 0 unspecified atom stereocenters. The van der Waals surface area contributed by atoms with Crippen LogP contribution in [0, 0.1) is 6.92 Å². The Labute approximate surface area is 194 Å². The molecule has 34 heavy (non-hydrogen) atoms. The zero-order chi connectivity index (χ0) is 24.9. The third kappa shape index (κ3) is 4.20. The Balaban J connectivity index is 1.80. The molecular weight excluding hydrogens is 451 g/mol. The summed E-state index contributed by atoms with van der Waals surface area (Å²) in [5.41, 5.74) is 0.531. The van der Waals surface area contributed by atoms with Gasteiger partial charge in [0.2, 0.25) is 11.6 Å². The highest BCUT2D eigenvalue weighted by atomic mass is 19.4. The van der Waals surface area contributed by atoms with Crippen molar-refractivity contribution in [2.45, 2.75) is 64.9 Å². The largest absolute Gasteiger partial charge is 0.507 e. The van der Waals surface area contributed by atoms with Crippen molar-refractivity contribution in [3.8, 4) is 17.0 Å². The predicted molar refractivity (Wildman–Crippen MR) is 118 cm³/mol. The minimum Gasteiger partial charge on any atom is -0.507 e. The van der Waals surface area contributed by atoms with Gasteiger partial charge in [-0.3, -0.25) is 9.48 Å². The number of aromatic hydroxyl groups is 1. The van der Waals surface area contributed by atoms with Crippen molar-refractivity contribution in [3.05, 3.63) is 35.2 Å². The number of hydrogen-bond acceptors (Lipinski definition) is 6.